The normalized spacial score (nSPS) is 14.1. The molecular formula is C25H33FN2O4. The van der Waals surface area contributed by atoms with Gasteiger partial charge in [-0.05, 0) is 55.5 Å². The van der Waals surface area contributed by atoms with Crippen molar-refractivity contribution >= 4 is 11.7 Å². The van der Waals surface area contributed by atoms with Gasteiger partial charge >= 0.3 is 6.03 Å². The Kier molecular flexibility index (Phi) is 8.20. The molecule has 7 heteroatoms. The van der Waals surface area contributed by atoms with Crippen LogP contribution < -0.4 is 19.1 Å². The molecule has 6 nitrogen and oxygen atoms in total. The average Bonchev–Trinajstić information content (AvgIpc) is 2.78. The van der Waals surface area contributed by atoms with Gasteiger partial charge in [-0.15, -0.1) is 0 Å². The van der Waals surface area contributed by atoms with Crippen LogP contribution in [0.3, 0.4) is 0 Å². The predicted octanol–water partition coefficient (Wildman–Crippen LogP) is 5.49. The highest BCUT2D eigenvalue weighted by molar-refractivity contribution is 5.93. The van der Waals surface area contributed by atoms with E-state index in [4.69, 9.17) is 14.2 Å². The Morgan fingerprint density at radius 3 is 2.47 bits per heavy atom. The van der Waals surface area contributed by atoms with Gasteiger partial charge in [0, 0.05) is 30.4 Å². The number of hydrogen-bond acceptors (Lipinski definition) is 4. The molecule has 1 aliphatic rings. The van der Waals surface area contributed by atoms with Crippen molar-refractivity contribution in [2.45, 2.75) is 39.7 Å². The van der Waals surface area contributed by atoms with Crippen LogP contribution in [-0.4, -0.2) is 44.8 Å². The quantitative estimate of drug-likeness (QED) is 0.455. The SMILES string of the molecule is COc1ccc(F)cc1CN1CCCN(c2ccc(OC)c(OCCCC(C)C)c2)C1=O. The van der Waals surface area contributed by atoms with Crippen LogP contribution in [-0.2, 0) is 6.54 Å². The molecule has 174 valence electrons. The maximum atomic E-state index is 13.8. The zero-order chi connectivity index (χ0) is 23.1. The van der Waals surface area contributed by atoms with E-state index >= 15 is 0 Å². The van der Waals surface area contributed by atoms with E-state index in [9.17, 15) is 9.18 Å². The highest BCUT2D eigenvalue weighted by Crippen LogP contribution is 2.34. The lowest BCUT2D eigenvalue weighted by molar-refractivity contribution is 0.191. The number of hydrogen-bond donors (Lipinski definition) is 0. The number of amides is 2. The Morgan fingerprint density at radius 1 is 1.00 bits per heavy atom. The van der Waals surface area contributed by atoms with Crippen LogP contribution in [0.2, 0.25) is 0 Å². The van der Waals surface area contributed by atoms with Crippen molar-refractivity contribution in [2.75, 3.05) is 38.8 Å². The molecule has 2 amide bonds. The summed E-state index contributed by atoms with van der Waals surface area (Å²) >= 11 is 0. The number of anilines is 1. The number of urea groups is 1. The van der Waals surface area contributed by atoms with Crippen molar-refractivity contribution < 1.29 is 23.4 Å². The van der Waals surface area contributed by atoms with Gasteiger partial charge in [0.05, 0.1) is 27.4 Å². The summed E-state index contributed by atoms with van der Waals surface area (Å²) in [5.41, 5.74) is 1.40. The summed E-state index contributed by atoms with van der Waals surface area (Å²) < 4.78 is 30.5. The van der Waals surface area contributed by atoms with Gasteiger partial charge < -0.3 is 19.1 Å². The van der Waals surface area contributed by atoms with Crippen LogP contribution in [0.15, 0.2) is 36.4 Å². The molecule has 1 saturated heterocycles. The Bertz CT molecular complexity index is 919. The lowest BCUT2D eigenvalue weighted by Gasteiger charge is -2.36. The van der Waals surface area contributed by atoms with Gasteiger partial charge in [0.15, 0.2) is 11.5 Å². The summed E-state index contributed by atoms with van der Waals surface area (Å²) in [4.78, 5) is 16.7. The van der Waals surface area contributed by atoms with Crippen LogP contribution in [0.25, 0.3) is 0 Å². The lowest BCUT2D eigenvalue weighted by atomic mass is 10.1. The summed E-state index contributed by atoms with van der Waals surface area (Å²) in [6.45, 7) is 6.46. The molecule has 0 bridgehead atoms. The molecule has 0 unspecified atom stereocenters. The summed E-state index contributed by atoms with van der Waals surface area (Å²) in [6, 6.07) is 9.79. The van der Waals surface area contributed by atoms with E-state index in [1.807, 2.05) is 18.2 Å². The fourth-order valence-electron chi connectivity index (χ4n) is 3.86. The van der Waals surface area contributed by atoms with Crippen molar-refractivity contribution in [3.8, 4) is 17.2 Å². The second kappa shape index (κ2) is 11.1. The van der Waals surface area contributed by atoms with Crippen LogP contribution in [0.1, 0.15) is 38.7 Å². The van der Waals surface area contributed by atoms with Gasteiger partial charge in [0.1, 0.15) is 11.6 Å². The predicted molar refractivity (Wildman–Crippen MR) is 123 cm³/mol. The van der Waals surface area contributed by atoms with E-state index in [2.05, 4.69) is 13.8 Å². The molecule has 1 aliphatic heterocycles. The van der Waals surface area contributed by atoms with Gasteiger partial charge in [-0.25, -0.2) is 9.18 Å². The first-order chi connectivity index (χ1) is 15.4. The van der Waals surface area contributed by atoms with Gasteiger partial charge in [0.25, 0.3) is 0 Å². The van der Waals surface area contributed by atoms with E-state index < -0.39 is 0 Å². The zero-order valence-corrected chi connectivity index (χ0v) is 19.4. The monoisotopic (exact) mass is 444 g/mol. The molecule has 0 N–H and O–H groups in total. The maximum Gasteiger partial charge on any atom is 0.324 e. The third-order valence-electron chi connectivity index (χ3n) is 5.56. The molecule has 1 fully saturated rings. The van der Waals surface area contributed by atoms with Crippen LogP contribution in [0.4, 0.5) is 14.9 Å². The second-order valence-corrected chi connectivity index (χ2v) is 8.39. The number of carbonyl (C=O) groups is 1. The van der Waals surface area contributed by atoms with Gasteiger partial charge in [-0.2, -0.15) is 0 Å². The molecule has 0 atom stereocenters. The Balaban J connectivity index is 1.75. The number of carbonyl (C=O) groups excluding carboxylic acids is 1. The fraction of sp³-hybridized carbons (Fsp3) is 0.480. The molecule has 0 radical (unpaired) electrons. The first kappa shape index (κ1) is 23.7. The van der Waals surface area contributed by atoms with Gasteiger partial charge in [-0.3, -0.25) is 4.90 Å². The Hall–Kier alpha value is -2.96. The summed E-state index contributed by atoms with van der Waals surface area (Å²) in [6.07, 6.45) is 2.85. The smallest absolute Gasteiger partial charge is 0.324 e. The van der Waals surface area contributed by atoms with E-state index in [-0.39, 0.29) is 18.4 Å². The van der Waals surface area contributed by atoms with Crippen LogP contribution in [0.5, 0.6) is 17.2 Å². The minimum Gasteiger partial charge on any atom is -0.496 e. The number of nitrogens with zero attached hydrogens (tertiary/aromatic N) is 2. The van der Waals surface area contributed by atoms with Crippen molar-refractivity contribution in [1.29, 1.82) is 0 Å². The molecule has 32 heavy (non-hydrogen) atoms. The Morgan fingerprint density at radius 2 is 1.75 bits per heavy atom. The second-order valence-electron chi connectivity index (χ2n) is 8.39. The lowest BCUT2D eigenvalue weighted by Crippen LogP contribution is -2.49. The number of rotatable bonds is 10. The van der Waals surface area contributed by atoms with E-state index in [1.54, 1.807) is 30.1 Å². The summed E-state index contributed by atoms with van der Waals surface area (Å²) in [7, 11) is 3.15. The summed E-state index contributed by atoms with van der Waals surface area (Å²) in [5, 5.41) is 0. The molecule has 0 aromatic heterocycles. The van der Waals surface area contributed by atoms with Crippen LogP contribution >= 0.6 is 0 Å². The molecule has 3 rings (SSSR count). The van der Waals surface area contributed by atoms with Crippen molar-refractivity contribution in [1.82, 2.24) is 4.90 Å². The van der Waals surface area contributed by atoms with Gasteiger partial charge in [-0.1, -0.05) is 13.8 Å². The van der Waals surface area contributed by atoms with E-state index in [1.165, 1.54) is 12.1 Å². The molecule has 2 aromatic carbocycles. The molecular weight excluding hydrogens is 411 g/mol. The largest absolute Gasteiger partial charge is 0.496 e. The molecule has 0 spiro atoms. The third-order valence-corrected chi connectivity index (χ3v) is 5.56. The minimum absolute atomic E-state index is 0.126. The number of methoxy groups -OCH3 is 2. The molecule has 0 aliphatic carbocycles. The first-order valence-corrected chi connectivity index (χ1v) is 11.1. The zero-order valence-electron chi connectivity index (χ0n) is 19.4. The fourth-order valence-corrected chi connectivity index (χ4v) is 3.86. The number of benzene rings is 2. The van der Waals surface area contributed by atoms with Crippen LogP contribution in [0, 0.1) is 11.7 Å². The van der Waals surface area contributed by atoms with Crippen molar-refractivity contribution in [2.24, 2.45) is 5.92 Å². The molecule has 1 heterocycles. The summed E-state index contributed by atoms with van der Waals surface area (Å²) in [5.74, 6) is 2.12. The highest BCUT2D eigenvalue weighted by atomic mass is 19.1. The van der Waals surface area contributed by atoms with Crippen molar-refractivity contribution in [3.63, 3.8) is 0 Å². The third kappa shape index (κ3) is 5.84. The highest BCUT2D eigenvalue weighted by Gasteiger charge is 2.28. The number of ether oxygens (including phenoxy) is 3. The van der Waals surface area contributed by atoms with E-state index in [0.717, 1.165) is 24.9 Å². The number of halogens is 1. The average molecular weight is 445 g/mol. The molecule has 2 aromatic rings. The molecule has 0 saturated carbocycles. The topological polar surface area (TPSA) is 51.2 Å². The standard InChI is InChI=1S/C25H33FN2O4/c1-18(2)7-5-14-32-24-16-21(9-11-23(24)31-4)28-13-6-12-27(25(28)29)17-19-15-20(26)8-10-22(19)30-3/h8-11,15-16,18H,5-7,12-14,17H2,1-4H3. The van der Waals surface area contributed by atoms with E-state index in [0.29, 0.717) is 48.4 Å². The first-order valence-electron chi connectivity index (χ1n) is 11.1. The maximum absolute atomic E-state index is 13.8. The van der Waals surface area contributed by atoms with Gasteiger partial charge in [0.2, 0.25) is 0 Å². The Labute approximate surface area is 189 Å². The minimum atomic E-state index is -0.350. The van der Waals surface area contributed by atoms with Crippen molar-refractivity contribution in [3.05, 3.63) is 47.8 Å².